The molecule has 3 aliphatic rings. The first-order chi connectivity index (χ1) is 13.1. The fourth-order valence-electron chi connectivity index (χ4n) is 4.80. The van der Waals surface area contributed by atoms with Crippen molar-refractivity contribution < 1.29 is 19.1 Å². The molecule has 0 unspecified atom stereocenters. The van der Waals surface area contributed by atoms with E-state index in [0.717, 1.165) is 17.2 Å². The summed E-state index contributed by atoms with van der Waals surface area (Å²) in [5.74, 6) is -0.286. The van der Waals surface area contributed by atoms with Crippen molar-refractivity contribution in [2.24, 2.45) is 23.7 Å². The first kappa shape index (κ1) is 16.2. The van der Waals surface area contributed by atoms with Crippen molar-refractivity contribution in [3.63, 3.8) is 0 Å². The minimum Gasteiger partial charge on any atom is -0.426 e. The molecule has 2 aromatic carbocycles. The van der Waals surface area contributed by atoms with Crippen LogP contribution in [0.3, 0.4) is 0 Å². The van der Waals surface area contributed by atoms with Crippen LogP contribution in [0.5, 0.6) is 5.75 Å². The summed E-state index contributed by atoms with van der Waals surface area (Å²) in [6, 6.07) is 13.3. The molecule has 2 bridgehead atoms. The molecular weight excluding hydrogens is 342 g/mol. The maximum Gasteiger partial charge on any atom is 0.312 e. The Hall–Kier alpha value is -2.95. The van der Waals surface area contributed by atoms with Crippen molar-refractivity contribution in [3.8, 4) is 5.75 Å². The van der Waals surface area contributed by atoms with E-state index in [2.05, 4.69) is 12.2 Å². The molecule has 5 rings (SSSR count). The summed E-state index contributed by atoms with van der Waals surface area (Å²) in [6.45, 7) is 0.0938. The SMILES string of the molecule is O=C(CCN1C(=O)[C@@H]2[C@H](C1=O)[C@@H]1C=C[C@@H]2C1)Oc1ccc2ccccc2c1. The Kier molecular flexibility index (Phi) is 3.64. The highest BCUT2D eigenvalue weighted by Gasteiger charge is 2.59. The van der Waals surface area contributed by atoms with Crippen LogP contribution in [-0.2, 0) is 14.4 Å². The summed E-state index contributed by atoms with van der Waals surface area (Å²) in [7, 11) is 0. The van der Waals surface area contributed by atoms with Gasteiger partial charge in [-0.05, 0) is 41.2 Å². The molecule has 5 heteroatoms. The number of rotatable bonds is 4. The third kappa shape index (κ3) is 2.57. The second-order valence-electron chi connectivity index (χ2n) is 7.56. The number of fused-ring (bicyclic) bond motifs is 6. The number of imide groups is 1. The maximum absolute atomic E-state index is 12.6. The van der Waals surface area contributed by atoms with Crippen LogP contribution in [-0.4, -0.2) is 29.2 Å². The number of carbonyl (C=O) groups excluding carboxylic acids is 3. The van der Waals surface area contributed by atoms with Crippen LogP contribution in [0.2, 0.25) is 0 Å². The smallest absolute Gasteiger partial charge is 0.312 e. The molecule has 4 atom stereocenters. The third-order valence-corrected chi connectivity index (χ3v) is 6.05. The van der Waals surface area contributed by atoms with Gasteiger partial charge in [0.05, 0.1) is 18.3 Å². The maximum atomic E-state index is 12.6. The summed E-state index contributed by atoms with van der Waals surface area (Å²) in [5.41, 5.74) is 0. The van der Waals surface area contributed by atoms with E-state index in [1.54, 1.807) is 6.07 Å². The Bertz CT molecular complexity index is 965. The second kappa shape index (κ2) is 6.05. The van der Waals surface area contributed by atoms with Crippen molar-refractivity contribution in [2.45, 2.75) is 12.8 Å². The number of likely N-dealkylation sites (tertiary alicyclic amines) is 1. The molecule has 1 heterocycles. The summed E-state index contributed by atoms with van der Waals surface area (Å²) in [4.78, 5) is 38.7. The summed E-state index contributed by atoms with van der Waals surface area (Å²) < 4.78 is 5.40. The van der Waals surface area contributed by atoms with Crippen molar-refractivity contribution in [3.05, 3.63) is 54.6 Å². The van der Waals surface area contributed by atoms with Crippen molar-refractivity contribution in [1.82, 2.24) is 4.90 Å². The normalized spacial score (nSPS) is 28.2. The van der Waals surface area contributed by atoms with Crippen molar-refractivity contribution in [2.75, 3.05) is 6.54 Å². The number of benzene rings is 2. The molecule has 2 aromatic rings. The standard InChI is InChI=1S/C22H19NO4/c24-18(27-17-8-7-13-3-1-2-4-14(13)12-17)9-10-23-21(25)19-15-5-6-16(11-15)20(19)22(23)26/h1-8,12,15-16,19-20H,9-11H2/t15-,16-,19-,20+/m1/s1. The van der Waals surface area contributed by atoms with E-state index >= 15 is 0 Å². The van der Waals surface area contributed by atoms with Crippen LogP contribution in [0.1, 0.15) is 12.8 Å². The molecule has 2 aliphatic carbocycles. The minimum absolute atomic E-state index is 0.00646. The number of carbonyl (C=O) groups is 3. The number of nitrogens with zero attached hydrogens (tertiary/aromatic N) is 1. The minimum atomic E-state index is -0.441. The molecule has 2 fully saturated rings. The van der Waals surface area contributed by atoms with E-state index in [0.29, 0.717) is 5.75 Å². The van der Waals surface area contributed by atoms with Gasteiger partial charge in [-0.25, -0.2) is 0 Å². The molecule has 5 nitrogen and oxygen atoms in total. The van der Waals surface area contributed by atoms with Gasteiger partial charge in [0, 0.05) is 6.54 Å². The number of hydrogen-bond acceptors (Lipinski definition) is 4. The van der Waals surface area contributed by atoms with Crippen LogP contribution in [0.4, 0.5) is 0 Å². The van der Waals surface area contributed by atoms with E-state index in [1.807, 2.05) is 36.4 Å². The molecule has 1 saturated carbocycles. The average molecular weight is 361 g/mol. The number of allylic oxidation sites excluding steroid dienone is 2. The van der Waals surface area contributed by atoms with Gasteiger partial charge in [-0.1, -0.05) is 42.5 Å². The Balaban J connectivity index is 1.23. The zero-order chi connectivity index (χ0) is 18.5. The topological polar surface area (TPSA) is 63.7 Å². The lowest BCUT2D eigenvalue weighted by Gasteiger charge is -2.16. The third-order valence-electron chi connectivity index (χ3n) is 6.05. The lowest BCUT2D eigenvalue weighted by Crippen LogP contribution is -2.35. The first-order valence-electron chi connectivity index (χ1n) is 9.35. The highest BCUT2D eigenvalue weighted by atomic mass is 16.5. The fraction of sp³-hybridized carbons (Fsp3) is 0.318. The number of amides is 2. The molecule has 136 valence electrons. The van der Waals surface area contributed by atoms with Gasteiger partial charge in [-0.2, -0.15) is 0 Å². The van der Waals surface area contributed by atoms with E-state index in [4.69, 9.17) is 4.74 Å². The summed E-state index contributed by atoms with van der Waals surface area (Å²) in [6.07, 6.45) is 5.04. The van der Waals surface area contributed by atoms with Crippen LogP contribution < -0.4 is 4.74 Å². The quantitative estimate of drug-likeness (QED) is 0.364. The predicted molar refractivity (Wildman–Crippen MR) is 98.6 cm³/mol. The molecule has 2 amide bonds. The van der Waals surface area contributed by atoms with Crippen LogP contribution in [0.15, 0.2) is 54.6 Å². The Morgan fingerprint density at radius 2 is 1.63 bits per heavy atom. The molecule has 0 N–H and O–H groups in total. The van der Waals surface area contributed by atoms with Crippen LogP contribution >= 0.6 is 0 Å². The number of hydrogen-bond donors (Lipinski definition) is 0. The summed E-state index contributed by atoms with van der Waals surface area (Å²) >= 11 is 0. The molecule has 0 aromatic heterocycles. The lowest BCUT2D eigenvalue weighted by molar-refractivity contribution is -0.142. The molecule has 0 spiro atoms. The first-order valence-corrected chi connectivity index (χ1v) is 9.35. The van der Waals surface area contributed by atoms with Gasteiger partial charge in [0.2, 0.25) is 11.8 Å². The average Bonchev–Trinajstić information content (AvgIpc) is 3.35. The Labute approximate surface area is 156 Å². The highest BCUT2D eigenvalue weighted by Crippen LogP contribution is 2.52. The van der Waals surface area contributed by atoms with Crippen LogP contribution in [0, 0.1) is 23.7 Å². The molecule has 1 saturated heterocycles. The van der Waals surface area contributed by atoms with Gasteiger partial charge in [0.15, 0.2) is 0 Å². The predicted octanol–water partition coefficient (Wildman–Crippen LogP) is 2.94. The van der Waals surface area contributed by atoms with Gasteiger partial charge < -0.3 is 4.74 Å². The van der Waals surface area contributed by atoms with Gasteiger partial charge in [0.25, 0.3) is 0 Å². The second-order valence-corrected chi connectivity index (χ2v) is 7.56. The van der Waals surface area contributed by atoms with E-state index in [1.165, 1.54) is 4.90 Å². The molecule has 27 heavy (non-hydrogen) atoms. The van der Waals surface area contributed by atoms with Gasteiger partial charge in [-0.3, -0.25) is 19.3 Å². The summed E-state index contributed by atoms with van der Waals surface area (Å²) in [5, 5.41) is 2.06. The number of ether oxygens (including phenoxy) is 1. The largest absolute Gasteiger partial charge is 0.426 e. The monoisotopic (exact) mass is 361 g/mol. The van der Waals surface area contributed by atoms with Crippen molar-refractivity contribution in [1.29, 1.82) is 0 Å². The Morgan fingerprint density at radius 1 is 0.963 bits per heavy atom. The molecular formula is C22H19NO4. The van der Waals surface area contributed by atoms with Gasteiger partial charge >= 0.3 is 5.97 Å². The molecule has 0 radical (unpaired) electrons. The van der Waals surface area contributed by atoms with Crippen molar-refractivity contribution >= 4 is 28.6 Å². The van der Waals surface area contributed by atoms with E-state index < -0.39 is 5.97 Å². The Morgan fingerprint density at radius 3 is 2.33 bits per heavy atom. The van der Waals surface area contributed by atoms with E-state index in [9.17, 15) is 14.4 Å². The zero-order valence-electron chi connectivity index (χ0n) is 14.7. The van der Waals surface area contributed by atoms with Gasteiger partial charge in [0.1, 0.15) is 5.75 Å². The zero-order valence-corrected chi connectivity index (χ0v) is 14.7. The lowest BCUT2D eigenvalue weighted by atomic mass is 9.85. The molecule has 1 aliphatic heterocycles. The van der Waals surface area contributed by atoms with E-state index in [-0.39, 0.29) is 48.5 Å². The van der Waals surface area contributed by atoms with Crippen LogP contribution in [0.25, 0.3) is 10.8 Å². The highest BCUT2D eigenvalue weighted by molar-refractivity contribution is 6.06. The fourth-order valence-corrected chi connectivity index (χ4v) is 4.80. The number of esters is 1. The van der Waals surface area contributed by atoms with Gasteiger partial charge in [-0.15, -0.1) is 0 Å².